The fraction of sp³-hybridized carbons (Fsp3) is 0.500. The molecule has 0 spiro atoms. The molecule has 4 nitrogen and oxygen atoms in total. The lowest BCUT2D eigenvalue weighted by molar-refractivity contribution is 0.276. The highest BCUT2D eigenvalue weighted by atomic mass is 16.3. The molecule has 0 aliphatic heterocycles. The maximum absolute atomic E-state index is 8.36. The van der Waals surface area contributed by atoms with Crippen LogP contribution >= 0.6 is 0 Å². The van der Waals surface area contributed by atoms with Crippen molar-refractivity contribution in [1.29, 1.82) is 0 Å². The minimum Gasteiger partial charge on any atom is -0.395 e. The highest BCUT2D eigenvalue weighted by Crippen LogP contribution is 1.77. The van der Waals surface area contributed by atoms with E-state index in [-0.39, 0.29) is 6.61 Å². The molecule has 1 aromatic heterocycles. The second kappa shape index (κ2) is 2.42. The van der Waals surface area contributed by atoms with E-state index >= 15 is 0 Å². The first-order chi connectivity index (χ1) is 3.93. The van der Waals surface area contributed by atoms with Gasteiger partial charge in [0.2, 0.25) is 0 Å². The summed E-state index contributed by atoms with van der Waals surface area (Å²) in [7, 11) is 0. The largest absolute Gasteiger partial charge is 0.395 e. The van der Waals surface area contributed by atoms with Gasteiger partial charge in [0.1, 0.15) is 12.7 Å². The van der Waals surface area contributed by atoms with Crippen molar-refractivity contribution < 1.29 is 5.11 Å². The Hall–Kier alpha value is -0.900. The average Bonchev–Trinajstić information content (AvgIpc) is 2.19. The number of hydrogen-bond donors (Lipinski definition) is 1. The van der Waals surface area contributed by atoms with Gasteiger partial charge >= 0.3 is 0 Å². The minimum absolute atomic E-state index is 0.137. The molecule has 0 amide bonds. The quantitative estimate of drug-likeness (QED) is 0.550. The number of aliphatic hydroxyl groups excluding tert-OH is 1. The third-order valence-corrected chi connectivity index (χ3v) is 0.825. The zero-order valence-corrected chi connectivity index (χ0v) is 4.36. The van der Waals surface area contributed by atoms with Crippen LogP contribution in [0.1, 0.15) is 0 Å². The molecule has 0 aliphatic rings. The highest BCUT2D eigenvalue weighted by Gasteiger charge is 1.84. The molecule has 0 saturated heterocycles. The van der Waals surface area contributed by atoms with Gasteiger partial charge in [-0.05, 0) is 0 Å². The smallest absolute Gasteiger partial charge is 0.119 e. The Morgan fingerprint density at radius 2 is 2.00 bits per heavy atom. The molecule has 0 fully saturated rings. The molecule has 0 aliphatic carbocycles. The summed E-state index contributed by atoms with van der Waals surface area (Å²) < 4.78 is 1.71. The standard InChI is InChI=1S/C4H7N3O/c8-2-1-7-3-5-6-4-7/h3-4,8H,1-2H2. The Morgan fingerprint density at radius 1 is 1.38 bits per heavy atom. The summed E-state index contributed by atoms with van der Waals surface area (Å²) in [6, 6.07) is 0. The molecule has 0 bridgehead atoms. The first-order valence-electron chi connectivity index (χ1n) is 2.37. The van der Waals surface area contributed by atoms with E-state index in [1.807, 2.05) is 0 Å². The second-order valence-electron chi connectivity index (χ2n) is 1.42. The van der Waals surface area contributed by atoms with E-state index in [0.29, 0.717) is 6.54 Å². The normalized spacial score (nSPS) is 9.62. The van der Waals surface area contributed by atoms with Crippen molar-refractivity contribution in [3.8, 4) is 0 Å². The lowest BCUT2D eigenvalue weighted by Crippen LogP contribution is -1.97. The summed E-state index contributed by atoms with van der Waals surface area (Å²) >= 11 is 0. The SMILES string of the molecule is OCCn1cnnc1. The van der Waals surface area contributed by atoms with E-state index in [4.69, 9.17) is 5.11 Å². The van der Waals surface area contributed by atoms with Gasteiger partial charge in [0.15, 0.2) is 0 Å². The summed E-state index contributed by atoms with van der Waals surface area (Å²) in [6.45, 7) is 0.713. The van der Waals surface area contributed by atoms with Gasteiger partial charge in [-0.3, -0.25) is 0 Å². The number of rotatable bonds is 2. The summed E-state index contributed by atoms with van der Waals surface area (Å²) in [5, 5.41) is 15.4. The van der Waals surface area contributed by atoms with Crippen LogP contribution in [0, 0.1) is 0 Å². The number of nitrogens with zero attached hydrogens (tertiary/aromatic N) is 3. The Morgan fingerprint density at radius 3 is 2.50 bits per heavy atom. The second-order valence-corrected chi connectivity index (χ2v) is 1.42. The van der Waals surface area contributed by atoms with Gasteiger partial charge < -0.3 is 9.67 Å². The highest BCUT2D eigenvalue weighted by molar-refractivity contribution is 4.58. The van der Waals surface area contributed by atoms with Gasteiger partial charge in [-0.1, -0.05) is 0 Å². The van der Waals surface area contributed by atoms with Crippen molar-refractivity contribution in [2.75, 3.05) is 6.61 Å². The van der Waals surface area contributed by atoms with Gasteiger partial charge in [0.05, 0.1) is 6.61 Å². The van der Waals surface area contributed by atoms with E-state index in [0.717, 1.165) is 0 Å². The maximum atomic E-state index is 8.36. The molecule has 1 heterocycles. The zero-order valence-electron chi connectivity index (χ0n) is 4.36. The van der Waals surface area contributed by atoms with Crippen LogP contribution in [0.15, 0.2) is 12.7 Å². The maximum Gasteiger partial charge on any atom is 0.119 e. The summed E-state index contributed by atoms with van der Waals surface area (Å²) in [5.41, 5.74) is 0. The molecule has 1 rings (SSSR count). The Labute approximate surface area is 46.8 Å². The van der Waals surface area contributed by atoms with Crippen LogP contribution < -0.4 is 0 Å². The Bertz CT molecular complexity index is 137. The van der Waals surface area contributed by atoms with Gasteiger partial charge in [0.25, 0.3) is 0 Å². The van der Waals surface area contributed by atoms with Crippen molar-refractivity contribution in [3.05, 3.63) is 12.7 Å². The number of aliphatic hydroxyl groups is 1. The minimum atomic E-state index is 0.137. The molecule has 1 N–H and O–H groups in total. The molecule has 0 saturated carbocycles. The van der Waals surface area contributed by atoms with E-state index in [9.17, 15) is 0 Å². The third-order valence-electron chi connectivity index (χ3n) is 0.825. The monoisotopic (exact) mass is 113 g/mol. The summed E-state index contributed by atoms with van der Waals surface area (Å²) in [6.07, 6.45) is 3.13. The topological polar surface area (TPSA) is 50.9 Å². The van der Waals surface area contributed by atoms with Crippen molar-refractivity contribution in [3.63, 3.8) is 0 Å². The third kappa shape index (κ3) is 1.04. The van der Waals surface area contributed by atoms with Crippen LogP contribution in [-0.2, 0) is 6.54 Å². The Balaban J connectivity index is 2.50. The fourth-order valence-corrected chi connectivity index (χ4v) is 0.453. The van der Waals surface area contributed by atoms with Crippen molar-refractivity contribution in [1.82, 2.24) is 14.8 Å². The predicted molar refractivity (Wildman–Crippen MR) is 27.1 cm³/mol. The van der Waals surface area contributed by atoms with Gasteiger partial charge in [-0.15, -0.1) is 10.2 Å². The van der Waals surface area contributed by atoms with Crippen LogP contribution in [0.5, 0.6) is 0 Å². The molecular formula is C4H7N3O. The van der Waals surface area contributed by atoms with Crippen LogP contribution in [0.2, 0.25) is 0 Å². The first kappa shape index (κ1) is 5.24. The van der Waals surface area contributed by atoms with Crippen molar-refractivity contribution in [2.24, 2.45) is 0 Å². The van der Waals surface area contributed by atoms with Crippen molar-refractivity contribution >= 4 is 0 Å². The molecular weight excluding hydrogens is 106 g/mol. The van der Waals surface area contributed by atoms with E-state index < -0.39 is 0 Å². The molecule has 4 heteroatoms. The van der Waals surface area contributed by atoms with Crippen LogP contribution in [-0.4, -0.2) is 26.5 Å². The van der Waals surface area contributed by atoms with E-state index in [1.54, 1.807) is 17.2 Å². The van der Waals surface area contributed by atoms with E-state index in [1.165, 1.54) is 0 Å². The lowest BCUT2D eigenvalue weighted by Gasteiger charge is -1.91. The molecule has 0 unspecified atom stereocenters. The predicted octanol–water partition coefficient (Wildman–Crippen LogP) is -0.730. The molecule has 8 heavy (non-hydrogen) atoms. The molecule has 0 aromatic carbocycles. The lowest BCUT2D eigenvalue weighted by atomic mass is 10.7. The van der Waals surface area contributed by atoms with Crippen LogP contribution in [0.4, 0.5) is 0 Å². The summed E-state index contributed by atoms with van der Waals surface area (Å²) in [4.78, 5) is 0. The van der Waals surface area contributed by atoms with Crippen LogP contribution in [0.3, 0.4) is 0 Å². The van der Waals surface area contributed by atoms with E-state index in [2.05, 4.69) is 10.2 Å². The Kier molecular flexibility index (Phi) is 1.58. The molecule has 1 aromatic rings. The molecule has 0 radical (unpaired) electrons. The first-order valence-corrected chi connectivity index (χ1v) is 2.37. The van der Waals surface area contributed by atoms with Gasteiger partial charge in [-0.25, -0.2) is 0 Å². The van der Waals surface area contributed by atoms with Crippen molar-refractivity contribution in [2.45, 2.75) is 6.54 Å². The number of aromatic nitrogens is 3. The molecule has 0 atom stereocenters. The fourth-order valence-electron chi connectivity index (χ4n) is 0.453. The summed E-state index contributed by atoms with van der Waals surface area (Å²) in [5.74, 6) is 0. The van der Waals surface area contributed by atoms with Gasteiger partial charge in [-0.2, -0.15) is 0 Å². The number of hydrogen-bond acceptors (Lipinski definition) is 3. The molecule has 44 valence electrons. The zero-order chi connectivity index (χ0) is 5.82. The van der Waals surface area contributed by atoms with Gasteiger partial charge in [0, 0.05) is 6.54 Å². The van der Waals surface area contributed by atoms with Crippen LogP contribution in [0.25, 0.3) is 0 Å². The average molecular weight is 113 g/mol.